The minimum absolute atomic E-state index is 0.00611. The molecule has 1 amide bonds. The molecule has 3 aromatic rings. The number of para-hydroxylation sites is 1. The molecule has 8 heteroatoms. The summed E-state index contributed by atoms with van der Waals surface area (Å²) in [6.45, 7) is 1.93. The standard InChI is InChI=1S/C24H24N6O2/c31-24-23-22(27-30(24)19-5-3-14-32-16-19)20-6-1-2-7-21(20)29(26-23)15-17-8-10-18(11-9-17)28-13-4-12-25-28/h1-2,4,6-13,19,23,26H,3,5,14-16H2. The molecule has 0 radical (unpaired) electrons. The second-order valence-electron chi connectivity index (χ2n) is 8.32. The molecule has 2 atom stereocenters. The van der Waals surface area contributed by atoms with Gasteiger partial charge in [-0.2, -0.15) is 10.2 Å². The molecule has 6 rings (SSSR count). The maximum Gasteiger partial charge on any atom is 0.268 e. The minimum atomic E-state index is -0.477. The van der Waals surface area contributed by atoms with Gasteiger partial charge in [-0.25, -0.2) is 15.1 Å². The van der Waals surface area contributed by atoms with E-state index in [9.17, 15) is 4.79 Å². The van der Waals surface area contributed by atoms with Crippen LogP contribution in [0.25, 0.3) is 5.69 Å². The minimum Gasteiger partial charge on any atom is -0.379 e. The van der Waals surface area contributed by atoms with Crippen LogP contribution in [0, 0.1) is 0 Å². The summed E-state index contributed by atoms with van der Waals surface area (Å²) in [4.78, 5) is 13.3. The number of benzene rings is 2. The zero-order valence-corrected chi connectivity index (χ0v) is 17.6. The van der Waals surface area contributed by atoms with E-state index in [1.807, 2.05) is 35.1 Å². The molecule has 0 bridgehead atoms. The van der Waals surface area contributed by atoms with E-state index in [-0.39, 0.29) is 11.9 Å². The van der Waals surface area contributed by atoms with Gasteiger partial charge in [0.2, 0.25) is 0 Å². The average molecular weight is 428 g/mol. The zero-order chi connectivity index (χ0) is 21.5. The summed E-state index contributed by atoms with van der Waals surface area (Å²) < 4.78 is 7.44. The summed E-state index contributed by atoms with van der Waals surface area (Å²) in [5, 5.41) is 12.7. The maximum absolute atomic E-state index is 13.3. The summed E-state index contributed by atoms with van der Waals surface area (Å²) in [6.07, 6.45) is 5.56. The molecule has 3 aliphatic rings. The van der Waals surface area contributed by atoms with Crippen molar-refractivity contribution in [2.45, 2.75) is 31.5 Å². The van der Waals surface area contributed by atoms with Gasteiger partial charge in [0.05, 0.1) is 36.3 Å². The van der Waals surface area contributed by atoms with Crippen molar-refractivity contribution in [1.29, 1.82) is 0 Å². The molecule has 0 saturated carbocycles. The normalized spacial score (nSPS) is 22.5. The third kappa shape index (κ3) is 3.28. The van der Waals surface area contributed by atoms with Crippen molar-refractivity contribution in [2.24, 2.45) is 5.10 Å². The van der Waals surface area contributed by atoms with E-state index < -0.39 is 6.04 Å². The number of nitrogens with one attached hydrogen (secondary N) is 1. The van der Waals surface area contributed by atoms with Crippen LogP contribution >= 0.6 is 0 Å². The van der Waals surface area contributed by atoms with E-state index in [0.717, 1.165) is 47.7 Å². The number of carbonyl (C=O) groups excluding carboxylic acids is 1. The topological polar surface area (TPSA) is 75.0 Å². The summed E-state index contributed by atoms with van der Waals surface area (Å²) in [5.74, 6) is -0.0102. The number of aromatic nitrogens is 2. The number of nitrogens with zero attached hydrogens (tertiary/aromatic N) is 5. The van der Waals surface area contributed by atoms with E-state index in [0.29, 0.717) is 13.2 Å². The van der Waals surface area contributed by atoms with Crippen molar-refractivity contribution >= 4 is 17.3 Å². The molecule has 0 aliphatic carbocycles. The number of hydrogen-bond acceptors (Lipinski definition) is 6. The van der Waals surface area contributed by atoms with Crippen LogP contribution in [0.1, 0.15) is 24.0 Å². The first kappa shape index (κ1) is 19.2. The zero-order valence-electron chi connectivity index (χ0n) is 17.6. The van der Waals surface area contributed by atoms with Gasteiger partial charge >= 0.3 is 0 Å². The second-order valence-corrected chi connectivity index (χ2v) is 8.32. The molecular weight excluding hydrogens is 404 g/mol. The first-order chi connectivity index (χ1) is 15.8. The van der Waals surface area contributed by atoms with Crippen LogP contribution in [0.15, 0.2) is 72.1 Å². The molecule has 1 fully saturated rings. The van der Waals surface area contributed by atoms with Crippen molar-refractivity contribution in [2.75, 3.05) is 18.2 Å². The Bertz CT molecular complexity index is 1150. The molecule has 2 aromatic carbocycles. The van der Waals surface area contributed by atoms with Gasteiger partial charge in [0.1, 0.15) is 0 Å². The fourth-order valence-electron chi connectivity index (χ4n) is 4.62. The predicted molar refractivity (Wildman–Crippen MR) is 120 cm³/mol. The number of amides is 1. The van der Waals surface area contributed by atoms with Gasteiger partial charge in [0, 0.05) is 24.6 Å². The average Bonchev–Trinajstić information content (AvgIpc) is 3.49. The number of carbonyl (C=O) groups is 1. The molecule has 1 N–H and O–H groups in total. The highest BCUT2D eigenvalue weighted by Crippen LogP contribution is 2.32. The predicted octanol–water partition coefficient (Wildman–Crippen LogP) is 2.49. The van der Waals surface area contributed by atoms with Crippen LogP contribution in [0.4, 0.5) is 5.69 Å². The lowest BCUT2D eigenvalue weighted by Gasteiger charge is -2.35. The molecule has 162 valence electrons. The van der Waals surface area contributed by atoms with Crippen molar-refractivity contribution in [1.82, 2.24) is 20.2 Å². The summed E-state index contributed by atoms with van der Waals surface area (Å²) in [7, 11) is 0. The molecule has 3 aliphatic heterocycles. The van der Waals surface area contributed by atoms with Crippen LogP contribution in [0.5, 0.6) is 0 Å². The first-order valence-electron chi connectivity index (χ1n) is 11.0. The van der Waals surface area contributed by atoms with Gasteiger partial charge < -0.3 is 9.75 Å². The SMILES string of the molecule is O=C1C2NN(Cc3ccc(-n4cccn4)cc3)c3ccccc3C2=NN1C1CCCOC1. The van der Waals surface area contributed by atoms with E-state index in [4.69, 9.17) is 9.84 Å². The van der Waals surface area contributed by atoms with E-state index >= 15 is 0 Å². The molecule has 0 spiro atoms. The Labute approximate surface area is 186 Å². The monoisotopic (exact) mass is 428 g/mol. The van der Waals surface area contributed by atoms with Crippen molar-refractivity contribution in [3.63, 3.8) is 0 Å². The van der Waals surface area contributed by atoms with Crippen molar-refractivity contribution < 1.29 is 9.53 Å². The maximum atomic E-state index is 13.3. The number of anilines is 1. The third-order valence-corrected chi connectivity index (χ3v) is 6.25. The van der Waals surface area contributed by atoms with Crippen LogP contribution in [0.2, 0.25) is 0 Å². The Morgan fingerprint density at radius 1 is 1.09 bits per heavy atom. The first-order valence-corrected chi connectivity index (χ1v) is 11.0. The molecule has 4 heterocycles. The van der Waals surface area contributed by atoms with Crippen LogP contribution in [-0.2, 0) is 16.1 Å². The fraction of sp³-hybridized carbons (Fsp3) is 0.292. The van der Waals surface area contributed by atoms with E-state index in [1.165, 1.54) is 0 Å². The Balaban J connectivity index is 1.27. The lowest BCUT2D eigenvalue weighted by atomic mass is 9.98. The van der Waals surface area contributed by atoms with Gasteiger partial charge in [-0.05, 0) is 42.7 Å². The Hall–Kier alpha value is -3.49. The molecular formula is C24H24N6O2. The Morgan fingerprint density at radius 3 is 2.75 bits per heavy atom. The number of hydrazone groups is 1. The second kappa shape index (κ2) is 7.89. The van der Waals surface area contributed by atoms with Gasteiger partial charge in [-0.3, -0.25) is 4.79 Å². The highest BCUT2D eigenvalue weighted by molar-refractivity contribution is 6.22. The van der Waals surface area contributed by atoms with Gasteiger partial charge in [-0.15, -0.1) is 0 Å². The quantitative estimate of drug-likeness (QED) is 0.691. The summed E-state index contributed by atoms with van der Waals surface area (Å²) in [6, 6.07) is 17.8. The van der Waals surface area contributed by atoms with Crippen LogP contribution < -0.4 is 10.4 Å². The fourth-order valence-corrected chi connectivity index (χ4v) is 4.62. The van der Waals surface area contributed by atoms with Crippen molar-refractivity contribution in [3.8, 4) is 5.69 Å². The number of rotatable bonds is 4. The molecule has 1 aromatic heterocycles. The van der Waals surface area contributed by atoms with Crippen LogP contribution in [0.3, 0.4) is 0 Å². The summed E-state index contributed by atoms with van der Waals surface area (Å²) >= 11 is 0. The highest BCUT2D eigenvalue weighted by Gasteiger charge is 2.44. The summed E-state index contributed by atoms with van der Waals surface area (Å²) in [5.41, 5.74) is 8.39. The van der Waals surface area contributed by atoms with Crippen molar-refractivity contribution in [3.05, 3.63) is 78.1 Å². The molecule has 1 saturated heterocycles. The van der Waals surface area contributed by atoms with E-state index in [1.54, 1.807) is 11.2 Å². The molecule has 32 heavy (non-hydrogen) atoms. The van der Waals surface area contributed by atoms with E-state index in [2.05, 4.69) is 45.9 Å². The number of hydrogen-bond donors (Lipinski definition) is 1. The molecule has 8 nitrogen and oxygen atoms in total. The lowest BCUT2D eigenvalue weighted by Crippen LogP contribution is -2.56. The largest absolute Gasteiger partial charge is 0.379 e. The van der Waals surface area contributed by atoms with Gasteiger partial charge in [-0.1, -0.05) is 30.3 Å². The Kier molecular flexibility index (Phi) is 4.74. The van der Waals surface area contributed by atoms with Crippen LogP contribution in [-0.4, -0.2) is 51.7 Å². The number of hydrazine groups is 1. The smallest absolute Gasteiger partial charge is 0.268 e. The molecule has 2 unspecified atom stereocenters. The highest BCUT2D eigenvalue weighted by atomic mass is 16.5. The van der Waals surface area contributed by atoms with Gasteiger partial charge in [0.15, 0.2) is 6.04 Å². The third-order valence-electron chi connectivity index (χ3n) is 6.25. The number of fused-ring (bicyclic) bond motifs is 3. The van der Waals surface area contributed by atoms with Gasteiger partial charge in [0.25, 0.3) is 5.91 Å². The number of ether oxygens (including phenoxy) is 1. The lowest BCUT2D eigenvalue weighted by molar-refractivity contribution is -0.135. The Morgan fingerprint density at radius 2 is 1.97 bits per heavy atom.